The molecule has 1 saturated carbocycles. The third kappa shape index (κ3) is 5.77. The van der Waals surface area contributed by atoms with Gasteiger partial charge >= 0.3 is 11.7 Å². The third-order valence-corrected chi connectivity index (χ3v) is 12.3. The molecule has 0 unspecified atom stereocenters. The van der Waals surface area contributed by atoms with Crippen LogP contribution in [0.4, 0.5) is 0 Å². The molecule has 0 atom stereocenters. The number of nitrogens with zero attached hydrogens (tertiary/aromatic N) is 1. The van der Waals surface area contributed by atoms with Crippen molar-refractivity contribution < 1.29 is 26.1 Å². The normalized spacial score (nSPS) is 17.2. The van der Waals surface area contributed by atoms with E-state index in [0.29, 0.717) is 10.9 Å². The van der Waals surface area contributed by atoms with Gasteiger partial charge in [0.2, 0.25) is 0 Å². The Kier molecular flexibility index (Phi) is 8.83. The number of fused-ring (bicyclic) bond motifs is 1. The number of aromatic nitrogens is 1. The minimum atomic E-state index is -2.09. The molecule has 1 aliphatic carbocycles. The summed E-state index contributed by atoms with van der Waals surface area (Å²) in [7, 11) is -2.09. The van der Waals surface area contributed by atoms with Gasteiger partial charge in [0, 0.05) is 0 Å². The number of benzene rings is 4. The molecular formula is C34H33BrNO3P. The molecule has 40 heavy (non-hydrogen) atoms. The first kappa shape index (κ1) is 28.3. The van der Waals surface area contributed by atoms with Gasteiger partial charge in [0.1, 0.15) is 29.3 Å². The highest BCUT2D eigenvalue weighted by Crippen LogP contribution is 2.58. The van der Waals surface area contributed by atoms with Crippen molar-refractivity contribution in [3.63, 3.8) is 0 Å². The van der Waals surface area contributed by atoms with Crippen molar-refractivity contribution in [2.24, 2.45) is 5.92 Å². The van der Waals surface area contributed by atoms with E-state index >= 15 is 0 Å². The zero-order valence-corrected chi connectivity index (χ0v) is 25.1. The van der Waals surface area contributed by atoms with Crippen LogP contribution < -0.4 is 43.3 Å². The predicted molar refractivity (Wildman–Crippen MR) is 161 cm³/mol. The maximum atomic E-state index is 13.1. The summed E-state index contributed by atoms with van der Waals surface area (Å²) in [6.07, 6.45) is 5.10. The molecular weight excluding hydrogens is 581 g/mol. The van der Waals surface area contributed by atoms with Crippen LogP contribution in [0.1, 0.15) is 38.2 Å². The minimum Gasteiger partial charge on any atom is -1.00 e. The molecule has 1 aromatic heterocycles. The lowest BCUT2D eigenvalue weighted by atomic mass is 9.89. The van der Waals surface area contributed by atoms with E-state index in [4.69, 9.17) is 9.15 Å². The highest BCUT2D eigenvalue weighted by Gasteiger charge is 2.45. The lowest BCUT2D eigenvalue weighted by Gasteiger charge is -2.28. The molecule has 0 aliphatic heterocycles. The Morgan fingerprint density at radius 2 is 1.30 bits per heavy atom. The molecule has 6 heteroatoms. The molecule has 204 valence electrons. The van der Waals surface area contributed by atoms with Crippen LogP contribution in [0.5, 0.6) is 6.08 Å². The van der Waals surface area contributed by atoms with Crippen LogP contribution in [-0.4, -0.2) is 11.1 Å². The molecule has 1 heterocycles. The lowest BCUT2D eigenvalue weighted by Crippen LogP contribution is -3.00. The molecule has 0 radical (unpaired) electrons. The van der Waals surface area contributed by atoms with Gasteiger partial charge in [-0.15, -0.1) is 0 Å². The first-order valence-electron chi connectivity index (χ1n) is 13.8. The Bertz CT molecular complexity index is 1500. The van der Waals surface area contributed by atoms with Gasteiger partial charge in [0.05, 0.1) is 17.1 Å². The summed E-state index contributed by atoms with van der Waals surface area (Å²) < 4.78 is 11.6. The monoisotopic (exact) mass is 613 g/mol. The van der Waals surface area contributed by atoms with Gasteiger partial charge in [0.25, 0.3) is 0 Å². The second-order valence-corrected chi connectivity index (χ2v) is 14.1. The van der Waals surface area contributed by atoms with Crippen LogP contribution in [-0.2, 0) is 6.16 Å². The Morgan fingerprint density at radius 1 is 0.775 bits per heavy atom. The van der Waals surface area contributed by atoms with Gasteiger partial charge in [-0.1, -0.05) is 67.6 Å². The van der Waals surface area contributed by atoms with E-state index in [9.17, 15) is 4.79 Å². The maximum Gasteiger partial charge on any atom is 0.397 e. The van der Waals surface area contributed by atoms with Crippen LogP contribution in [0.2, 0.25) is 0 Å². The van der Waals surface area contributed by atoms with Crippen LogP contribution in [0, 0.1) is 5.92 Å². The van der Waals surface area contributed by atoms with E-state index in [2.05, 4.69) is 109 Å². The second-order valence-electron chi connectivity index (χ2n) is 10.6. The van der Waals surface area contributed by atoms with Crippen molar-refractivity contribution in [3.8, 4) is 6.08 Å². The quantitative estimate of drug-likeness (QED) is 0.263. The van der Waals surface area contributed by atoms with Gasteiger partial charge in [-0.3, -0.25) is 0 Å². The van der Waals surface area contributed by atoms with E-state index in [1.54, 1.807) is 0 Å². The van der Waals surface area contributed by atoms with Crippen LogP contribution >= 0.6 is 7.26 Å². The molecule has 6 rings (SSSR count). The van der Waals surface area contributed by atoms with Crippen molar-refractivity contribution in [3.05, 3.63) is 125 Å². The highest BCUT2D eigenvalue weighted by atomic mass is 79.9. The van der Waals surface area contributed by atoms with Gasteiger partial charge in [-0.05, 0) is 85.7 Å². The Balaban J connectivity index is 0.00000323. The Hall–Kier alpha value is -3.27. The summed E-state index contributed by atoms with van der Waals surface area (Å²) in [5.74, 6) is 0.720. The zero-order chi connectivity index (χ0) is 26.7. The molecule has 0 bridgehead atoms. The Labute approximate surface area is 246 Å². The smallest absolute Gasteiger partial charge is 0.397 e. The minimum absolute atomic E-state index is 0. The number of hydrogen-bond donors (Lipinski definition) is 0. The summed E-state index contributed by atoms with van der Waals surface area (Å²) >= 11 is 0. The van der Waals surface area contributed by atoms with Crippen molar-refractivity contribution in [2.75, 3.05) is 0 Å². The van der Waals surface area contributed by atoms with E-state index in [0.717, 1.165) is 43.3 Å². The fraction of sp³-hybridized carbons (Fsp3) is 0.235. The third-order valence-electron chi connectivity index (χ3n) is 7.91. The van der Waals surface area contributed by atoms with E-state index < -0.39 is 12.9 Å². The molecule has 0 N–H and O–H groups in total. The van der Waals surface area contributed by atoms with Gasteiger partial charge in [0.15, 0.2) is 0 Å². The summed E-state index contributed by atoms with van der Waals surface area (Å²) in [5, 5.41) is 4.40. The molecule has 5 aromatic rings. The largest absolute Gasteiger partial charge is 1.00 e. The van der Waals surface area contributed by atoms with Crippen molar-refractivity contribution in [1.82, 2.24) is 4.98 Å². The van der Waals surface area contributed by atoms with Gasteiger partial charge < -0.3 is 26.1 Å². The molecule has 4 aromatic carbocycles. The maximum absolute atomic E-state index is 13.1. The van der Waals surface area contributed by atoms with Gasteiger partial charge in [-0.25, -0.2) is 4.79 Å². The average Bonchev–Trinajstić information content (AvgIpc) is 2.99. The molecule has 1 aliphatic rings. The first-order valence-corrected chi connectivity index (χ1v) is 15.7. The fourth-order valence-corrected chi connectivity index (χ4v) is 10.0. The second kappa shape index (κ2) is 12.5. The number of ether oxygens (including phenoxy) is 1. The SMILES string of the molecule is CC1CCC(Oc2nc3ccc(C[P+](c4ccccc4)(c4ccccc4)c4ccccc4)cc3c(=O)o2)CC1.[Br-]. The molecule has 0 saturated heterocycles. The Morgan fingerprint density at radius 3 is 1.82 bits per heavy atom. The fourth-order valence-electron chi connectivity index (χ4n) is 5.78. The standard InChI is InChI=1S/C34H33NO3P.BrH/c1-25-17-20-27(21-18-25)37-34-35-32-22-19-26(23-31(32)33(36)38-34)24-39(28-11-5-2-6-12-28,29-13-7-3-8-14-29)30-15-9-4-10-16-30;/h2-16,19,22-23,25,27H,17-18,20-21,24H2,1H3;1H/q+1;/p-1. The molecule has 0 amide bonds. The summed E-state index contributed by atoms with van der Waals surface area (Å²) in [4.78, 5) is 17.7. The van der Waals surface area contributed by atoms with E-state index in [1.165, 1.54) is 15.9 Å². The van der Waals surface area contributed by atoms with E-state index in [-0.39, 0.29) is 29.2 Å². The number of hydrogen-bond acceptors (Lipinski definition) is 4. The number of halogens is 1. The van der Waals surface area contributed by atoms with Crippen LogP contribution in [0.15, 0.2) is 118 Å². The average molecular weight is 615 g/mol. The lowest BCUT2D eigenvalue weighted by molar-refractivity contribution is -0.0000112. The van der Waals surface area contributed by atoms with E-state index in [1.807, 2.05) is 12.1 Å². The molecule has 4 nitrogen and oxygen atoms in total. The van der Waals surface area contributed by atoms with Crippen molar-refractivity contribution in [1.29, 1.82) is 0 Å². The number of rotatable bonds is 7. The summed E-state index contributed by atoms with van der Waals surface area (Å²) in [6.45, 7) is 2.27. The highest BCUT2D eigenvalue weighted by molar-refractivity contribution is 7.95. The molecule has 1 fully saturated rings. The van der Waals surface area contributed by atoms with Gasteiger partial charge in [-0.2, -0.15) is 4.98 Å². The first-order chi connectivity index (χ1) is 19.1. The van der Waals surface area contributed by atoms with Crippen LogP contribution in [0.25, 0.3) is 10.9 Å². The topological polar surface area (TPSA) is 52.3 Å². The van der Waals surface area contributed by atoms with Crippen molar-refractivity contribution >= 4 is 34.1 Å². The van der Waals surface area contributed by atoms with Crippen LogP contribution in [0.3, 0.4) is 0 Å². The van der Waals surface area contributed by atoms with Crippen molar-refractivity contribution in [2.45, 2.75) is 44.9 Å². The predicted octanol–water partition coefficient (Wildman–Crippen LogP) is 3.64. The molecule has 0 spiro atoms. The summed E-state index contributed by atoms with van der Waals surface area (Å²) in [6, 6.07) is 38.3. The zero-order valence-electron chi connectivity index (χ0n) is 22.6. The summed E-state index contributed by atoms with van der Waals surface area (Å²) in [5.41, 5.74) is 1.29.